The molecule has 1 amide bonds. The Kier molecular flexibility index (Phi) is 5.37. The summed E-state index contributed by atoms with van der Waals surface area (Å²) in [4.78, 5) is 14.7. The van der Waals surface area contributed by atoms with E-state index in [9.17, 15) is 4.79 Å². The molecule has 2 N–H and O–H groups in total. The minimum atomic E-state index is 0.217. The van der Waals surface area contributed by atoms with E-state index < -0.39 is 0 Å². The number of piperidine rings is 1. The minimum absolute atomic E-state index is 0.217. The highest BCUT2D eigenvalue weighted by atomic mass is 32.2. The molecule has 0 aromatic carbocycles. The number of amides is 1. The van der Waals surface area contributed by atoms with Crippen LogP contribution in [-0.2, 0) is 4.79 Å². The van der Waals surface area contributed by atoms with Gasteiger partial charge >= 0.3 is 0 Å². The average Bonchev–Trinajstić information content (AvgIpc) is 2.46. The van der Waals surface area contributed by atoms with E-state index in [2.05, 4.69) is 11.2 Å². The first kappa shape index (κ1) is 14.2. The van der Waals surface area contributed by atoms with Gasteiger partial charge in [-0.05, 0) is 44.4 Å². The lowest BCUT2D eigenvalue weighted by molar-refractivity contribution is -0.139. The van der Waals surface area contributed by atoms with E-state index in [0.29, 0.717) is 18.4 Å². The van der Waals surface area contributed by atoms with Gasteiger partial charge in [0.2, 0.25) is 5.91 Å². The van der Waals surface area contributed by atoms with Crippen LogP contribution in [-0.4, -0.2) is 41.9 Å². The Labute approximate surface area is 115 Å². The topological polar surface area (TPSA) is 46.3 Å². The summed E-state index contributed by atoms with van der Waals surface area (Å²) >= 11 is 1.94. The number of carbonyl (C=O) groups excluding carboxylic acids is 1. The van der Waals surface area contributed by atoms with Gasteiger partial charge < -0.3 is 10.6 Å². The fourth-order valence-electron chi connectivity index (χ4n) is 3.36. The van der Waals surface area contributed by atoms with Crippen molar-refractivity contribution in [2.24, 2.45) is 17.6 Å². The van der Waals surface area contributed by atoms with Crippen LogP contribution in [0.1, 0.15) is 38.5 Å². The van der Waals surface area contributed by atoms with Gasteiger partial charge in [-0.1, -0.05) is 12.8 Å². The third-order valence-corrected chi connectivity index (χ3v) is 5.75. The van der Waals surface area contributed by atoms with Crippen molar-refractivity contribution in [1.82, 2.24) is 4.90 Å². The van der Waals surface area contributed by atoms with Gasteiger partial charge in [-0.25, -0.2) is 0 Å². The zero-order valence-corrected chi connectivity index (χ0v) is 12.3. The Morgan fingerprint density at radius 3 is 2.50 bits per heavy atom. The molecule has 0 radical (unpaired) electrons. The lowest BCUT2D eigenvalue weighted by Gasteiger charge is -2.37. The van der Waals surface area contributed by atoms with E-state index in [1.165, 1.54) is 12.8 Å². The number of rotatable bonds is 3. The van der Waals surface area contributed by atoms with E-state index in [1.54, 1.807) is 0 Å². The molecule has 104 valence electrons. The first-order valence-electron chi connectivity index (χ1n) is 7.28. The first-order valence-corrected chi connectivity index (χ1v) is 8.56. The fourth-order valence-corrected chi connectivity index (χ4v) is 4.04. The summed E-state index contributed by atoms with van der Waals surface area (Å²) in [6.07, 6.45) is 9.15. The fraction of sp³-hybridized carbons (Fsp3) is 0.929. The smallest absolute Gasteiger partial charge is 0.226 e. The van der Waals surface area contributed by atoms with Gasteiger partial charge in [-0.15, -0.1) is 0 Å². The van der Waals surface area contributed by atoms with E-state index in [4.69, 9.17) is 5.73 Å². The first-order chi connectivity index (χ1) is 8.76. The Hall–Kier alpha value is -0.220. The lowest BCUT2D eigenvalue weighted by Crippen LogP contribution is -2.46. The van der Waals surface area contributed by atoms with Gasteiger partial charge in [0.25, 0.3) is 0 Å². The zero-order valence-electron chi connectivity index (χ0n) is 11.4. The Morgan fingerprint density at radius 1 is 1.22 bits per heavy atom. The van der Waals surface area contributed by atoms with Gasteiger partial charge in [-0.2, -0.15) is 11.8 Å². The number of nitrogens with two attached hydrogens (primary N) is 1. The summed E-state index contributed by atoms with van der Waals surface area (Å²) in [6, 6.07) is 0. The molecule has 1 aliphatic heterocycles. The quantitative estimate of drug-likeness (QED) is 0.854. The molecule has 1 aliphatic carbocycles. The second-order valence-electron chi connectivity index (χ2n) is 5.65. The van der Waals surface area contributed by atoms with E-state index in [-0.39, 0.29) is 5.92 Å². The van der Waals surface area contributed by atoms with Crippen molar-refractivity contribution < 1.29 is 4.79 Å². The van der Waals surface area contributed by atoms with E-state index in [0.717, 1.165) is 44.0 Å². The molecular formula is C14H26N2OS. The highest BCUT2D eigenvalue weighted by Gasteiger charge is 2.34. The van der Waals surface area contributed by atoms with Crippen molar-refractivity contribution in [3.63, 3.8) is 0 Å². The highest BCUT2D eigenvalue weighted by Crippen LogP contribution is 2.32. The number of hydrogen-bond donors (Lipinski definition) is 1. The summed E-state index contributed by atoms with van der Waals surface area (Å²) in [5.74, 6) is 1.05. The molecular weight excluding hydrogens is 244 g/mol. The van der Waals surface area contributed by atoms with Gasteiger partial charge in [0.15, 0.2) is 0 Å². The van der Waals surface area contributed by atoms with Gasteiger partial charge in [-0.3, -0.25) is 4.79 Å². The molecule has 1 saturated heterocycles. The third kappa shape index (κ3) is 3.21. The number of likely N-dealkylation sites (tertiary alicyclic amines) is 1. The summed E-state index contributed by atoms with van der Waals surface area (Å²) in [6.45, 7) is 2.59. The predicted molar refractivity (Wildman–Crippen MR) is 77.6 cm³/mol. The molecule has 4 heteroatoms. The zero-order chi connectivity index (χ0) is 13.0. The molecule has 2 aliphatic rings. The molecule has 0 aromatic rings. The van der Waals surface area contributed by atoms with Crippen LogP contribution in [0.5, 0.6) is 0 Å². The van der Waals surface area contributed by atoms with Crippen molar-refractivity contribution in [2.45, 2.75) is 43.8 Å². The van der Waals surface area contributed by atoms with Gasteiger partial charge in [0.1, 0.15) is 0 Å². The van der Waals surface area contributed by atoms with Crippen molar-refractivity contribution in [3.05, 3.63) is 0 Å². The van der Waals surface area contributed by atoms with Crippen LogP contribution in [0.3, 0.4) is 0 Å². The molecule has 2 unspecified atom stereocenters. The second kappa shape index (κ2) is 6.80. The summed E-state index contributed by atoms with van der Waals surface area (Å²) < 4.78 is 0. The maximum Gasteiger partial charge on any atom is 0.226 e. The highest BCUT2D eigenvalue weighted by molar-refractivity contribution is 7.99. The second-order valence-corrected chi connectivity index (χ2v) is 6.79. The Balaban J connectivity index is 1.90. The van der Waals surface area contributed by atoms with Crippen LogP contribution in [0, 0.1) is 11.8 Å². The van der Waals surface area contributed by atoms with Crippen LogP contribution in [0.2, 0.25) is 0 Å². The molecule has 1 saturated carbocycles. The standard InChI is InChI=1S/C14H26N2OS/c1-18-12-6-8-16(9-7-12)14(17)13-5-3-2-4-11(13)10-15/h11-13H,2-10,15H2,1H3. The van der Waals surface area contributed by atoms with Crippen molar-refractivity contribution in [3.8, 4) is 0 Å². The summed E-state index contributed by atoms with van der Waals surface area (Å²) in [5.41, 5.74) is 5.83. The Morgan fingerprint density at radius 2 is 1.89 bits per heavy atom. The SMILES string of the molecule is CSC1CCN(C(=O)C2CCCCC2CN)CC1. The van der Waals surface area contributed by atoms with E-state index in [1.807, 2.05) is 11.8 Å². The third-order valence-electron chi connectivity index (χ3n) is 4.62. The number of thioether (sulfide) groups is 1. The molecule has 18 heavy (non-hydrogen) atoms. The Bertz CT molecular complexity index is 277. The number of nitrogens with zero attached hydrogens (tertiary/aromatic N) is 1. The monoisotopic (exact) mass is 270 g/mol. The minimum Gasteiger partial charge on any atom is -0.342 e. The predicted octanol–water partition coefficient (Wildman–Crippen LogP) is 2.11. The molecule has 2 rings (SSSR count). The largest absolute Gasteiger partial charge is 0.342 e. The summed E-state index contributed by atoms with van der Waals surface area (Å²) in [7, 11) is 0. The van der Waals surface area contributed by atoms with Crippen molar-refractivity contribution >= 4 is 17.7 Å². The maximum absolute atomic E-state index is 12.6. The normalized spacial score (nSPS) is 30.4. The van der Waals surface area contributed by atoms with Crippen molar-refractivity contribution in [2.75, 3.05) is 25.9 Å². The van der Waals surface area contributed by atoms with Gasteiger partial charge in [0, 0.05) is 24.3 Å². The van der Waals surface area contributed by atoms with Crippen LogP contribution in [0.25, 0.3) is 0 Å². The van der Waals surface area contributed by atoms with Crippen LogP contribution >= 0.6 is 11.8 Å². The molecule has 0 spiro atoms. The molecule has 2 atom stereocenters. The van der Waals surface area contributed by atoms with Crippen LogP contribution in [0.4, 0.5) is 0 Å². The molecule has 3 nitrogen and oxygen atoms in total. The lowest BCUT2D eigenvalue weighted by atomic mass is 9.78. The van der Waals surface area contributed by atoms with Crippen LogP contribution < -0.4 is 5.73 Å². The maximum atomic E-state index is 12.6. The molecule has 0 aromatic heterocycles. The van der Waals surface area contributed by atoms with Crippen LogP contribution in [0.15, 0.2) is 0 Å². The number of carbonyl (C=O) groups is 1. The van der Waals surface area contributed by atoms with Gasteiger partial charge in [0.05, 0.1) is 0 Å². The number of hydrogen-bond acceptors (Lipinski definition) is 3. The van der Waals surface area contributed by atoms with E-state index >= 15 is 0 Å². The average molecular weight is 270 g/mol. The molecule has 1 heterocycles. The summed E-state index contributed by atoms with van der Waals surface area (Å²) in [5, 5.41) is 0.755. The van der Waals surface area contributed by atoms with Crippen molar-refractivity contribution in [1.29, 1.82) is 0 Å². The molecule has 0 bridgehead atoms. The molecule has 2 fully saturated rings.